The molecule has 0 aliphatic carbocycles. The summed E-state index contributed by atoms with van der Waals surface area (Å²) in [5.74, 6) is 0. The van der Waals surface area contributed by atoms with Crippen LogP contribution in [0.25, 0.3) is 0 Å². The minimum Gasteiger partial charge on any atom is -0.432 e. The third-order valence-corrected chi connectivity index (χ3v) is 3.39. The van der Waals surface area contributed by atoms with Crippen molar-refractivity contribution in [2.24, 2.45) is 0 Å². The summed E-state index contributed by atoms with van der Waals surface area (Å²) in [6.07, 6.45) is -7.03. The summed E-state index contributed by atoms with van der Waals surface area (Å²) in [4.78, 5) is 45.7. The van der Waals surface area contributed by atoms with Crippen molar-refractivity contribution in [3.05, 3.63) is 0 Å². The standard InChI is InChI=1S/C20H34O15.2C2H6.2Y/c1-13(32-19(25)30-11-15(3)34-17(23)28-7-5-21)9-27-10-14(2)33-20(26)31-12-16(4)35-18(24)29-8-6-22;2*1-2;;/h13-16,21-22H,5-12H2,1-4H3;2*1-2H3;;. The molecule has 41 heavy (non-hydrogen) atoms. The van der Waals surface area contributed by atoms with Gasteiger partial charge in [0.05, 0.1) is 26.4 Å². The van der Waals surface area contributed by atoms with Crippen LogP contribution in [0.1, 0.15) is 55.4 Å². The summed E-state index contributed by atoms with van der Waals surface area (Å²) in [6.45, 7) is 12.3. The Bertz CT molecular complexity index is 588. The van der Waals surface area contributed by atoms with E-state index in [1.165, 1.54) is 13.8 Å². The van der Waals surface area contributed by atoms with Crippen molar-refractivity contribution in [1.82, 2.24) is 0 Å². The van der Waals surface area contributed by atoms with E-state index in [0.717, 1.165) is 0 Å². The van der Waals surface area contributed by atoms with E-state index in [0.29, 0.717) is 0 Å². The molecule has 0 rings (SSSR count). The topological polar surface area (TPSA) is 192 Å². The van der Waals surface area contributed by atoms with Crippen LogP contribution in [0.3, 0.4) is 0 Å². The molecule has 4 unspecified atom stereocenters. The molecule has 2 radical (unpaired) electrons. The molecule has 4 atom stereocenters. The van der Waals surface area contributed by atoms with Gasteiger partial charge in [-0.2, -0.15) is 0 Å². The third-order valence-electron chi connectivity index (χ3n) is 3.39. The van der Waals surface area contributed by atoms with Crippen LogP contribution >= 0.6 is 0 Å². The van der Waals surface area contributed by atoms with Gasteiger partial charge < -0.3 is 52.8 Å². The maximum atomic E-state index is 11.7. The fourth-order valence-corrected chi connectivity index (χ4v) is 1.96. The zero-order valence-electron chi connectivity index (χ0n) is 25.3. The predicted molar refractivity (Wildman–Crippen MR) is 135 cm³/mol. The van der Waals surface area contributed by atoms with E-state index in [1.807, 2.05) is 27.7 Å². The van der Waals surface area contributed by atoms with Gasteiger partial charge in [-0.15, -0.1) is 0 Å². The van der Waals surface area contributed by atoms with E-state index >= 15 is 0 Å². The van der Waals surface area contributed by atoms with Crippen LogP contribution in [0.2, 0.25) is 0 Å². The third kappa shape index (κ3) is 35.3. The largest absolute Gasteiger partial charge is 0.508 e. The van der Waals surface area contributed by atoms with E-state index < -0.39 is 49.0 Å². The minimum atomic E-state index is -1.01. The summed E-state index contributed by atoms with van der Waals surface area (Å²) in [6, 6.07) is 0. The molecule has 0 fully saturated rings. The van der Waals surface area contributed by atoms with E-state index in [4.69, 9.17) is 43.4 Å². The molecule has 0 bridgehead atoms. The molecular formula is C24H46O15Y2. The van der Waals surface area contributed by atoms with E-state index in [9.17, 15) is 19.2 Å². The first-order valence-electron chi connectivity index (χ1n) is 12.7. The maximum absolute atomic E-state index is 11.7. The van der Waals surface area contributed by atoms with Gasteiger partial charge in [0.1, 0.15) is 50.8 Å². The first-order valence-corrected chi connectivity index (χ1v) is 12.7. The molecule has 0 amide bonds. The SMILES string of the molecule is CC.CC.CC(COCC(C)OC(=O)OCC(C)OC(=O)OCCO)OC(=O)OCC(C)OC(=O)OCCO.[Y].[Y]. The van der Waals surface area contributed by atoms with Crippen LogP contribution in [0.5, 0.6) is 0 Å². The molecule has 0 aromatic heterocycles. The Balaban J connectivity index is -0.000000686. The second kappa shape index (κ2) is 35.4. The van der Waals surface area contributed by atoms with Gasteiger partial charge in [-0.25, -0.2) is 19.2 Å². The van der Waals surface area contributed by atoms with Crippen molar-refractivity contribution in [3.8, 4) is 0 Å². The zero-order chi connectivity index (χ0) is 30.6. The summed E-state index contributed by atoms with van der Waals surface area (Å²) in [5, 5.41) is 17.1. The fraction of sp³-hybridized carbons (Fsp3) is 0.833. The summed E-state index contributed by atoms with van der Waals surface area (Å²) in [5.41, 5.74) is 0. The summed E-state index contributed by atoms with van der Waals surface area (Å²) in [7, 11) is 0. The molecule has 17 heteroatoms. The van der Waals surface area contributed by atoms with Gasteiger partial charge in [0.15, 0.2) is 0 Å². The van der Waals surface area contributed by atoms with Crippen LogP contribution < -0.4 is 0 Å². The number of ether oxygens (including phenoxy) is 9. The Morgan fingerprint density at radius 1 is 0.488 bits per heavy atom. The van der Waals surface area contributed by atoms with Gasteiger partial charge in [-0.05, 0) is 27.7 Å². The zero-order valence-corrected chi connectivity index (χ0v) is 31.0. The summed E-state index contributed by atoms with van der Waals surface area (Å²) >= 11 is 0. The molecule has 0 heterocycles. The van der Waals surface area contributed by atoms with Gasteiger partial charge in [-0.1, -0.05) is 27.7 Å². The van der Waals surface area contributed by atoms with Crippen molar-refractivity contribution in [1.29, 1.82) is 0 Å². The molecule has 238 valence electrons. The summed E-state index contributed by atoms with van der Waals surface area (Å²) < 4.78 is 43.4. The van der Waals surface area contributed by atoms with E-state index in [2.05, 4.69) is 9.47 Å². The van der Waals surface area contributed by atoms with Gasteiger partial charge in [0.25, 0.3) is 0 Å². The van der Waals surface area contributed by atoms with Crippen LogP contribution in [-0.2, 0) is 108 Å². The van der Waals surface area contributed by atoms with Gasteiger partial charge in [0, 0.05) is 65.4 Å². The second-order valence-electron chi connectivity index (χ2n) is 7.02. The Labute approximate surface area is 292 Å². The number of carbonyl (C=O) groups is 4. The molecule has 0 saturated heterocycles. The number of rotatable bonds is 16. The van der Waals surface area contributed by atoms with Crippen molar-refractivity contribution in [2.75, 3.05) is 52.9 Å². The molecule has 2 N–H and O–H groups in total. The first-order chi connectivity index (χ1) is 18.6. The second-order valence-corrected chi connectivity index (χ2v) is 7.02. The molecule has 0 aliphatic rings. The Morgan fingerprint density at radius 2 is 0.732 bits per heavy atom. The number of aliphatic hydroxyl groups is 2. The van der Waals surface area contributed by atoms with Crippen molar-refractivity contribution >= 4 is 24.6 Å². The normalized spacial score (nSPS) is 12.1. The molecular weight excluding hydrogens is 706 g/mol. The monoisotopic (exact) mass is 752 g/mol. The van der Waals surface area contributed by atoms with Crippen molar-refractivity contribution in [3.63, 3.8) is 0 Å². The number of carbonyl (C=O) groups excluding carboxylic acids is 4. The van der Waals surface area contributed by atoms with Crippen LogP contribution in [0.4, 0.5) is 19.2 Å². The van der Waals surface area contributed by atoms with Crippen LogP contribution in [0, 0.1) is 0 Å². The Kier molecular flexibility index (Phi) is 43.0. The van der Waals surface area contributed by atoms with Crippen molar-refractivity contribution < 1.29 is 137 Å². The number of aliphatic hydroxyl groups excluding tert-OH is 2. The van der Waals surface area contributed by atoms with Crippen LogP contribution in [0.15, 0.2) is 0 Å². The molecule has 15 nitrogen and oxygen atoms in total. The van der Waals surface area contributed by atoms with E-state index in [-0.39, 0.29) is 118 Å². The Hall–Kier alpha value is -0.832. The quantitative estimate of drug-likeness (QED) is 0.172. The molecule has 0 aliphatic heterocycles. The average molecular weight is 752 g/mol. The van der Waals surface area contributed by atoms with Gasteiger partial charge in [0.2, 0.25) is 0 Å². The molecule has 0 saturated carbocycles. The molecule has 0 aromatic rings. The number of hydrogen-bond acceptors (Lipinski definition) is 15. The Morgan fingerprint density at radius 3 is 1.00 bits per heavy atom. The molecule has 0 spiro atoms. The maximum Gasteiger partial charge on any atom is 0.508 e. The molecule has 0 aromatic carbocycles. The van der Waals surface area contributed by atoms with Gasteiger partial charge >= 0.3 is 24.6 Å². The van der Waals surface area contributed by atoms with E-state index in [1.54, 1.807) is 13.8 Å². The smallest absolute Gasteiger partial charge is 0.432 e. The average Bonchev–Trinajstić information content (AvgIpc) is 2.90. The minimum absolute atomic E-state index is 0. The van der Waals surface area contributed by atoms with Crippen LogP contribution in [-0.4, -0.2) is 112 Å². The van der Waals surface area contributed by atoms with Gasteiger partial charge in [-0.3, -0.25) is 0 Å². The predicted octanol–water partition coefficient (Wildman–Crippen LogP) is 3.20. The fourth-order valence-electron chi connectivity index (χ4n) is 1.96. The first kappa shape index (κ1) is 49.8. The van der Waals surface area contributed by atoms with Crippen molar-refractivity contribution in [2.45, 2.75) is 79.8 Å². The number of hydrogen-bond donors (Lipinski definition) is 2.